The summed E-state index contributed by atoms with van der Waals surface area (Å²) in [5.41, 5.74) is 1.89. The fourth-order valence-electron chi connectivity index (χ4n) is 2.88. The summed E-state index contributed by atoms with van der Waals surface area (Å²) in [6.07, 6.45) is 1.82. The van der Waals surface area contributed by atoms with Gasteiger partial charge in [0.2, 0.25) is 5.91 Å². The summed E-state index contributed by atoms with van der Waals surface area (Å²) < 4.78 is 1.14. The van der Waals surface area contributed by atoms with E-state index in [0.29, 0.717) is 12.0 Å². The first-order valence-electron chi connectivity index (χ1n) is 7.97. The molecular weight excluding hydrogens is 294 g/mol. The standard InChI is InChI=1S/C17H23N3OS/c1-10(2)17-20-14-5-4-13(9-15(14)22-17)19-16(21)12-6-7-18-11(3)8-12/h4-5,9-12,18H,6-8H2,1-3H3,(H,19,21)/t11-,12-/m0/s1. The van der Waals surface area contributed by atoms with Crippen LogP contribution in [0.4, 0.5) is 5.69 Å². The number of nitrogens with zero attached hydrogens (tertiary/aromatic N) is 1. The first kappa shape index (κ1) is 15.4. The van der Waals surface area contributed by atoms with E-state index in [1.54, 1.807) is 11.3 Å². The smallest absolute Gasteiger partial charge is 0.227 e. The van der Waals surface area contributed by atoms with Crippen LogP contribution in [0, 0.1) is 5.92 Å². The van der Waals surface area contributed by atoms with Gasteiger partial charge in [-0.2, -0.15) is 0 Å². The number of carbonyl (C=O) groups is 1. The third kappa shape index (κ3) is 3.31. The predicted octanol–water partition coefficient (Wildman–Crippen LogP) is 3.75. The fourth-order valence-corrected chi connectivity index (χ4v) is 3.89. The van der Waals surface area contributed by atoms with Crippen molar-refractivity contribution in [3.8, 4) is 0 Å². The number of hydrogen-bond acceptors (Lipinski definition) is 4. The highest BCUT2D eigenvalue weighted by Gasteiger charge is 2.24. The van der Waals surface area contributed by atoms with E-state index in [0.717, 1.165) is 40.3 Å². The van der Waals surface area contributed by atoms with Crippen molar-refractivity contribution in [3.63, 3.8) is 0 Å². The fraction of sp³-hybridized carbons (Fsp3) is 0.529. The number of hydrogen-bond donors (Lipinski definition) is 2. The van der Waals surface area contributed by atoms with Crippen molar-refractivity contribution >= 4 is 33.1 Å². The van der Waals surface area contributed by atoms with Crippen molar-refractivity contribution in [2.75, 3.05) is 11.9 Å². The highest BCUT2D eigenvalue weighted by Crippen LogP contribution is 2.29. The summed E-state index contributed by atoms with van der Waals surface area (Å²) in [5.74, 6) is 0.688. The normalized spacial score (nSPS) is 22.2. The van der Waals surface area contributed by atoms with E-state index >= 15 is 0 Å². The average molecular weight is 317 g/mol. The number of rotatable bonds is 3. The van der Waals surface area contributed by atoms with Gasteiger partial charge in [0, 0.05) is 23.6 Å². The molecule has 22 heavy (non-hydrogen) atoms. The quantitative estimate of drug-likeness (QED) is 0.906. The molecule has 0 unspecified atom stereocenters. The Balaban J connectivity index is 1.74. The molecule has 1 fully saturated rings. The minimum atomic E-state index is 0.111. The Bertz CT molecular complexity index is 680. The lowest BCUT2D eigenvalue weighted by molar-refractivity contribution is -0.120. The van der Waals surface area contributed by atoms with Gasteiger partial charge in [0.15, 0.2) is 0 Å². The van der Waals surface area contributed by atoms with Crippen LogP contribution in [0.15, 0.2) is 18.2 Å². The van der Waals surface area contributed by atoms with E-state index in [-0.39, 0.29) is 11.8 Å². The van der Waals surface area contributed by atoms with E-state index in [1.807, 2.05) is 18.2 Å². The maximum absolute atomic E-state index is 12.4. The molecule has 2 atom stereocenters. The van der Waals surface area contributed by atoms with Crippen molar-refractivity contribution in [1.29, 1.82) is 0 Å². The topological polar surface area (TPSA) is 54.0 Å². The van der Waals surface area contributed by atoms with E-state index in [9.17, 15) is 4.79 Å². The molecule has 1 amide bonds. The molecule has 0 saturated carbocycles. The average Bonchev–Trinajstić information content (AvgIpc) is 2.90. The van der Waals surface area contributed by atoms with Gasteiger partial charge in [-0.05, 0) is 44.5 Å². The van der Waals surface area contributed by atoms with Gasteiger partial charge in [-0.3, -0.25) is 4.79 Å². The molecule has 5 heteroatoms. The molecular formula is C17H23N3OS. The SMILES string of the molecule is CC(C)c1nc2ccc(NC(=O)[C@H]3CCN[C@@H](C)C3)cc2s1. The third-order valence-electron chi connectivity index (χ3n) is 4.16. The molecule has 4 nitrogen and oxygen atoms in total. The van der Waals surface area contributed by atoms with E-state index in [1.165, 1.54) is 0 Å². The maximum Gasteiger partial charge on any atom is 0.227 e. The highest BCUT2D eigenvalue weighted by atomic mass is 32.1. The van der Waals surface area contributed by atoms with Crippen LogP contribution in [0.5, 0.6) is 0 Å². The summed E-state index contributed by atoms with van der Waals surface area (Å²) in [4.78, 5) is 17.0. The molecule has 1 aliphatic rings. The van der Waals surface area contributed by atoms with E-state index in [4.69, 9.17) is 0 Å². The second-order valence-corrected chi connectivity index (χ2v) is 7.52. The Hall–Kier alpha value is -1.46. The zero-order valence-electron chi connectivity index (χ0n) is 13.3. The minimum absolute atomic E-state index is 0.111. The van der Waals surface area contributed by atoms with Gasteiger partial charge in [0.1, 0.15) is 0 Å². The maximum atomic E-state index is 12.4. The highest BCUT2D eigenvalue weighted by molar-refractivity contribution is 7.18. The number of aromatic nitrogens is 1. The summed E-state index contributed by atoms with van der Waals surface area (Å²) in [7, 11) is 0. The van der Waals surface area contributed by atoms with Gasteiger partial charge in [-0.15, -0.1) is 11.3 Å². The van der Waals surface area contributed by atoms with Gasteiger partial charge < -0.3 is 10.6 Å². The first-order valence-corrected chi connectivity index (χ1v) is 8.79. The lowest BCUT2D eigenvalue weighted by Crippen LogP contribution is -2.40. The predicted molar refractivity (Wildman–Crippen MR) is 92.5 cm³/mol. The lowest BCUT2D eigenvalue weighted by Gasteiger charge is -2.27. The molecule has 3 rings (SSSR count). The number of piperidine rings is 1. The van der Waals surface area contributed by atoms with Crippen LogP contribution in [0.3, 0.4) is 0 Å². The van der Waals surface area contributed by atoms with Crippen molar-refractivity contribution in [3.05, 3.63) is 23.2 Å². The van der Waals surface area contributed by atoms with Gasteiger partial charge in [-0.25, -0.2) is 4.98 Å². The van der Waals surface area contributed by atoms with Crippen molar-refractivity contribution in [2.45, 2.75) is 45.6 Å². The van der Waals surface area contributed by atoms with Crippen molar-refractivity contribution < 1.29 is 4.79 Å². The Morgan fingerprint density at radius 3 is 3.00 bits per heavy atom. The van der Waals surface area contributed by atoms with Crippen LogP contribution >= 0.6 is 11.3 Å². The molecule has 2 heterocycles. The molecule has 0 spiro atoms. The summed E-state index contributed by atoms with van der Waals surface area (Å²) in [6.45, 7) is 7.36. The number of thiazole rings is 1. The number of fused-ring (bicyclic) bond motifs is 1. The van der Waals surface area contributed by atoms with Crippen molar-refractivity contribution in [2.24, 2.45) is 5.92 Å². The van der Waals surface area contributed by atoms with E-state index in [2.05, 4.69) is 36.4 Å². The molecule has 1 saturated heterocycles. The van der Waals surface area contributed by atoms with Crippen LogP contribution in [0.1, 0.15) is 44.5 Å². The summed E-state index contributed by atoms with van der Waals surface area (Å²) in [6, 6.07) is 6.41. The largest absolute Gasteiger partial charge is 0.326 e. The number of benzene rings is 1. The Morgan fingerprint density at radius 2 is 2.27 bits per heavy atom. The van der Waals surface area contributed by atoms with Gasteiger partial charge in [-0.1, -0.05) is 13.8 Å². The second-order valence-electron chi connectivity index (χ2n) is 6.46. The Morgan fingerprint density at radius 1 is 1.45 bits per heavy atom. The number of carbonyl (C=O) groups excluding carboxylic acids is 1. The van der Waals surface area contributed by atoms with Crippen LogP contribution in [0.2, 0.25) is 0 Å². The van der Waals surface area contributed by atoms with Crippen LogP contribution in [0.25, 0.3) is 10.2 Å². The van der Waals surface area contributed by atoms with Crippen molar-refractivity contribution in [1.82, 2.24) is 10.3 Å². The van der Waals surface area contributed by atoms with Gasteiger partial charge in [0.25, 0.3) is 0 Å². The van der Waals surface area contributed by atoms with Gasteiger partial charge in [0.05, 0.1) is 15.2 Å². The Kier molecular flexibility index (Phi) is 4.45. The van der Waals surface area contributed by atoms with Crippen LogP contribution < -0.4 is 10.6 Å². The number of amides is 1. The van der Waals surface area contributed by atoms with E-state index < -0.39 is 0 Å². The lowest BCUT2D eigenvalue weighted by atomic mass is 9.92. The molecule has 1 aromatic heterocycles. The molecule has 0 radical (unpaired) electrons. The zero-order valence-corrected chi connectivity index (χ0v) is 14.2. The third-order valence-corrected chi connectivity index (χ3v) is 5.48. The molecule has 118 valence electrons. The minimum Gasteiger partial charge on any atom is -0.326 e. The second kappa shape index (κ2) is 6.34. The van der Waals surface area contributed by atoms with Crippen LogP contribution in [-0.4, -0.2) is 23.5 Å². The zero-order chi connectivity index (χ0) is 15.7. The molecule has 1 aliphatic heterocycles. The molecule has 0 bridgehead atoms. The number of anilines is 1. The monoisotopic (exact) mass is 317 g/mol. The molecule has 0 aliphatic carbocycles. The van der Waals surface area contributed by atoms with Gasteiger partial charge >= 0.3 is 0 Å². The molecule has 2 N–H and O–H groups in total. The number of nitrogens with one attached hydrogen (secondary N) is 2. The first-order chi connectivity index (χ1) is 10.5. The van der Waals surface area contributed by atoms with Crippen LogP contribution in [-0.2, 0) is 4.79 Å². The summed E-state index contributed by atoms with van der Waals surface area (Å²) >= 11 is 1.71. The summed E-state index contributed by atoms with van der Waals surface area (Å²) in [5, 5.41) is 7.60. The molecule has 2 aromatic rings. The Labute approximate surface area is 135 Å². The molecule has 1 aromatic carbocycles.